The van der Waals surface area contributed by atoms with E-state index in [1.807, 2.05) is 0 Å². The Bertz CT molecular complexity index is 213. The Morgan fingerprint density at radius 1 is 1.08 bits per heavy atom. The van der Waals surface area contributed by atoms with Gasteiger partial charge in [-0.05, 0) is 0 Å². The summed E-state index contributed by atoms with van der Waals surface area (Å²) in [6, 6.07) is 0. The average Bonchev–Trinajstić information content (AvgIpc) is 1.50. The molecular weight excluding hydrogens is 387 g/mol. The SMILES string of the molecule is O=C(O)O.O=P(O)(O)O.[O]=[W](=[O])[OH]. The van der Waals surface area contributed by atoms with Gasteiger partial charge >= 0.3 is 42.2 Å². The Balaban J connectivity index is -0.000000117. The third-order valence-corrected chi connectivity index (χ3v) is 0. The predicted molar refractivity (Wildman–Crippen MR) is 28.5 cm³/mol. The fourth-order valence-corrected chi connectivity index (χ4v) is 0. The molecule has 0 amide bonds. The summed E-state index contributed by atoms with van der Waals surface area (Å²) in [7, 11) is -4.64. The van der Waals surface area contributed by atoms with Crippen LogP contribution in [-0.2, 0) is 29.0 Å². The molecule has 0 saturated heterocycles. The third-order valence-electron chi connectivity index (χ3n) is 0. The van der Waals surface area contributed by atoms with Gasteiger partial charge < -0.3 is 24.9 Å². The van der Waals surface area contributed by atoms with Gasteiger partial charge in [0.25, 0.3) is 0 Å². The number of phosphoric acid groups is 1. The van der Waals surface area contributed by atoms with Crippen LogP contribution in [0.2, 0.25) is 0 Å². The monoisotopic (exact) mass is 393 g/mol. The van der Waals surface area contributed by atoms with Gasteiger partial charge in [-0.3, -0.25) is 0 Å². The summed E-state index contributed by atoms with van der Waals surface area (Å²) in [5, 5.41) is 13.9. The summed E-state index contributed by atoms with van der Waals surface area (Å²) in [4.78, 5) is 30.1. The number of carboxylic acid groups (broad SMARTS) is 2. The molecule has 0 aromatic heterocycles. The first-order valence-electron chi connectivity index (χ1n) is 1.95. The normalized spacial score (nSPS) is 8.31. The van der Waals surface area contributed by atoms with Crippen molar-refractivity contribution in [1.82, 2.24) is 0 Å². The van der Waals surface area contributed by atoms with Gasteiger partial charge in [-0.15, -0.1) is 0 Å². The summed E-state index contributed by atoms with van der Waals surface area (Å²) in [5.41, 5.74) is 0. The van der Waals surface area contributed by atoms with Crippen LogP contribution in [0.15, 0.2) is 0 Å². The summed E-state index contributed by atoms with van der Waals surface area (Å²) in [6.45, 7) is 0. The molecule has 0 fully saturated rings. The fraction of sp³-hybridized carbons (Fsp3) is 0. The van der Waals surface area contributed by atoms with Crippen LogP contribution in [0.1, 0.15) is 0 Å². The van der Waals surface area contributed by atoms with E-state index in [0.29, 0.717) is 0 Å². The van der Waals surface area contributed by atoms with Crippen molar-refractivity contribution in [3.8, 4) is 0 Å². The maximum atomic E-state index is 8.88. The minimum absolute atomic E-state index is 1.83. The molecule has 6 N–H and O–H groups in total. The molecule has 0 unspecified atom stereocenters. The number of hydrogen-bond acceptors (Lipinski definition) is 4. The van der Waals surface area contributed by atoms with Crippen LogP contribution in [0.5, 0.6) is 0 Å². The van der Waals surface area contributed by atoms with E-state index in [4.69, 9.17) is 44.8 Å². The molecule has 0 bridgehead atoms. The number of carbonyl (C=O) groups is 1. The molecule has 13 heavy (non-hydrogen) atoms. The molecular formula is CH6O10PW. The van der Waals surface area contributed by atoms with Crippen LogP contribution in [0.25, 0.3) is 0 Å². The van der Waals surface area contributed by atoms with Crippen LogP contribution in [0.4, 0.5) is 4.79 Å². The van der Waals surface area contributed by atoms with Gasteiger partial charge in [-0.2, -0.15) is 0 Å². The van der Waals surface area contributed by atoms with Gasteiger partial charge in [-0.25, -0.2) is 9.36 Å². The second-order valence-electron chi connectivity index (χ2n) is 1.01. The van der Waals surface area contributed by atoms with Crippen molar-refractivity contribution in [1.29, 1.82) is 0 Å². The van der Waals surface area contributed by atoms with Crippen molar-refractivity contribution < 1.29 is 62.4 Å². The second-order valence-corrected chi connectivity index (χ2v) is 3.60. The number of hydrogen-bond donors (Lipinski definition) is 6. The zero-order chi connectivity index (χ0) is 11.7. The van der Waals surface area contributed by atoms with Gasteiger partial charge in [0, 0.05) is 0 Å². The Labute approximate surface area is 76.9 Å². The topological polar surface area (TPSA) is 190 Å². The van der Waals surface area contributed by atoms with Gasteiger partial charge in [0.15, 0.2) is 0 Å². The molecule has 0 saturated carbocycles. The standard InChI is InChI=1S/CH2O3.H3O4P.H2O.2O.W/c2-1(3)4;1-5(2,3)4;;;;/h(H2,2,3,4);(H3,1,2,3,4);1H2;;;/q;;;;;+1/p-1. The van der Waals surface area contributed by atoms with E-state index in [0.717, 1.165) is 0 Å². The van der Waals surface area contributed by atoms with E-state index in [1.54, 1.807) is 0 Å². The molecule has 0 aliphatic heterocycles. The van der Waals surface area contributed by atoms with E-state index < -0.39 is 31.6 Å². The van der Waals surface area contributed by atoms with E-state index in [9.17, 15) is 0 Å². The van der Waals surface area contributed by atoms with E-state index >= 15 is 0 Å². The van der Waals surface area contributed by atoms with Gasteiger partial charge in [-0.1, -0.05) is 0 Å². The van der Waals surface area contributed by atoms with Crippen molar-refractivity contribution in [2.45, 2.75) is 0 Å². The molecule has 0 aliphatic carbocycles. The summed E-state index contributed by atoms with van der Waals surface area (Å²) >= 11 is -4.03. The maximum absolute atomic E-state index is 8.88. The van der Waals surface area contributed by atoms with Crippen molar-refractivity contribution >= 4 is 14.0 Å². The molecule has 0 aromatic carbocycles. The van der Waals surface area contributed by atoms with Crippen molar-refractivity contribution in [2.24, 2.45) is 0 Å². The van der Waals surface area contributed by atoms with Gasteiger partial charge in [0.05, 0.1) is 0 Å². The minimum atomic E-state index is -4.64. The Morgan fingerprint density at radius 3 is 1.08 bits per heavy atom. The molecule has 0 rings (SSSR count). The van der Waals surface area contributed by atoms with Crippen LogP contribution < -0.4 is 0 Å². The van der Waals surface area contributed by atoms with Crippen LogP contribution in [0.3, 0.4) is 0 Å². The fourth-order valence-electron chi connectivity index (χ4n) is 0. The zero-order valence-electron chi connectivity index (χ0n) is 5.67. The number of rotatable bonds is 0. The Hall–Kier alpha value is -0.372. The summed E-state index contributed by atoms with van der Waals surface area (Å²) < 4.78 is 33.5. The molecule has 0 radical (unpaired) electrons. The molecule has 0 atom stereocenters. The van der Waals surface area contributed by atoms with Crippen molar-refractivity contribution in [3.05, 3.63) is 0 Å². The molecule has 0 heterocycles. The van der Waals surface area contributed by atoms with Crippen molar-refractivity contribution in [3.63, 3.8) is 0 Å². The van der Waals surface area contributed by atoms with Gasteiger partial charge in [0.1, 0.15) is 0 Å². The van der Waals surface area contributed by atoms with Crippen molar-refractivity contribution in [2.75, 3.05) is 0 Å². The second kappa shape index (κ2) is 9.71. The van der Waals surface area contributed by atoms with Crippen LogP contribution in [0, 0.1) is 0 Å². The molecule has 81 valence electrons. The first kappa shape index (κ1) is 18.4. The van der Waals surface area contributed by atoms with E-state index in [-0.39, 0.29) is 0 Å². The predicted octanol–water partition coefficient (Wildman–Crippen LogP) is -1.50. The molecule has 10 nitrogen and oxygen atoms in total. The summed E-state index contributed by atoms with van der Waals surface area (Å²) in [6.07, 6.45) is -1.83. The van der Waals surface area contributed by atoms with Crippen LogP contribution in [-0.4, -0.2) is 34.8 Å². The first-order valence-corrected chi connectivity index (χ1v) is 7.22. The quantitative estimate of drug-likeness (QED) is 0.264. The molecule has 0 aromatic rings. The molecule has 0 spiro atoms. The van der Waals surface area contributed by atoms with Crippen LogP contribution >= 0.6 is 7.82 Å². The van der Waals surface area contributed by atoms with Gasteiger partial charge in [0.2, 0.25) is 0 Å². The molecule has 12 heteroatoms. The summed E-state index contributed by atoms with van der Waals surface area (Å²) in [5.74, 6) is 0. The first-order chi connectivity index (χ1) is 5.46. The Kier molecular flexibility index (Phi) is 13.8. The third kappa shape index (κ3) is 7800. The van der Waals surface area contributed by atoms with E-state index in [1.165, 1.54) is 0 Å². The Morgan fingerprint density at radius 2 is 1.08 bits per heavy atom. The molecule has 0 aliphatic rings. The van der Waals surface area contributed by atoms with E-state index in [2.05, 4.69) is 0 Å². The average molecular weight is 393 g/mol. The zero-order valence-corrected chi connectivity index (χ0v) is 9.50.